The Labute approximate surface area is 165 Å². The number of benzene rings is 1. The summed E-state index contributed by atoms with van der Waals surface area (Å²) in [7, 11) is 0. The number of aliphatic carboxylic acids is 1. The van der Waals surface area contributed by atoms with E-state index in [2.05, 4.69) is 11.0 Å². The molecule has 1 aromatic rings. The number of carboxylic acids is 1. The molecule has 0 aliphatic carbocycles. The second-order valence-corrected chi connectivity index (χ2v) is 7.20. The van der Waals surface area contributed by atoms with Crippen LogP contribution in [-0.2, 0) is 20.9 Å². The van der Waals surface area contributed by atoms with E-state index in [0.717, 1.165) is 37.7 Å². The van der Waals surface area contributed by atoms with E-state index < -0.39 is 12.1 Å². The van der Waals surface area contributed by atoms with Crippen LogP contribution in [0, 0.1) is 5.92 Å². The quantitative estimate of drug-likeness (QED) is 0.793. The minimum atomic E-state index is -5.08. The van der Waals surface area contributed by atoms with Crippen LogP contribution in [0.1, 0.15) is 12.5 Å². The maximum atomic E-state index is 11.6. The smallest absolute Gasteiger partial charge is 0.475 e. The van der Waals surface area contributed by atoms with Gasteiger partial charge >= 0.3 is 12.1 Å². The van der Waals surface area contributed by atoms with Crippen LogP contribution in [0.15, 0.2) is 24.3 Å². The van der Waals surface area contributed by atoms with Gasteiger partial charge in [-0.2, -0.15) is 13.2 Å². The Morgan fingerprint density at radius 2 is 1.96 bits per heavy atom. The molecule has 0 unspecified atom stereocenters. The van der Waals surface area contributed by atoms with Crippen LogP contribution in [0.4, 0.5) is 13.2 Å². The molecule has 0 saturated carbocycles. The number of amides is 1. The van der Waals surface area contributed by atoms with Gasteiger partial charge in [-0.3, -0.25) is 9.69 Å². The number of halogens is 4. The molecule has 2 aliphatic heterocycles. The van der Waals surface area contributed by atoms with Crippen molar-refractivity contribution in [2.24, 2.45) is 5.92 Å². The van der Waals surface area contributed by atoms with Crippen molar-refractivity contribution >= 4 is 23.5 Å². The van der Waals surface area contributed by atoms with Gasteiger partial charge in [-0.1, -0.05) is 23.7 Å². The fourth-order valence-corrected chi connectivity index (χ4v) is 3.50. The predicted octanol–water partition coefficient (Wildman–Crippen LogP) is 2.65. The van der Waals surface area contributed by atoms with E-state index in [-0.39, 0.29) is 12.0 Å². The lowest BCUT2D eigenvalue weighted by Crippen LogP contribution is -2.35. The minimum Gasteiger partial charge on any atom is -0.475 e. The molecule has 0 radical (unpaired) electrons. The highest BCUT2D eigenvalue weighted by Crippen LogP contribution is 2.25. The highest BCUT2D eigenvalue weighted by atomic mass is 35.5. The van der Waals surface area contributed by atoms with E-state index in [9.17, 15) is 18.0 Å². The summed E-state index contributed by atoms with van der Waals surface area (Å²) in [5.41, 5.74) is 1.22. The van der Waals surface area contributed by atoms with Crippen LogP contribution in [-0.4, -0.2) is 71.8 Å². The van der Waals surface area contributed by atoms with Crippen LogP contribution < -0.4 is 0 Å². The van der Waals surface area contributed by atoms with Crippen molar-refractivity contribution in [3.05, 3.63) is 34.9 Å². The van der Waals surface area contributed by atoms with E-state index >= 15 is 0 Å². The first-order chi connectivity index (χ1) is 13.1. The highest BCUT2D eigenvalue weighted by molar-refractivity contribution is 6.30. The lowest BCUT2D eigenvalue weighted by Gasteiger charge is -2.22. The largest absolute Gasteiger partial charge is 0.490 e. The van der Waals surface area contributed by atoms with Crippen molar-refractivity contribution in [2.45, 2.75) is 25.7 Å². The number of alkyl halides is 3. The standard InChI is InChI=1S/C16H21ClN2O2.C2HF3O2/c1-12(20)19-5-6-21-16-11-18(9-14(16)10-19)8-13-3-2-4-15(17)7-13;3-2(4,5)1(6)7/h2-4,7,14,16H,5-6,8-11H2,1H3;(H,6,7)/t14-,16-;/m1./s1. The number of carbonyl (C=O) groups excluding carboxylic acids is 1. The highest BCUT2D eigenvalue weighted by Gasteiger charge is 2.38. The number of fused-ring (bicyclic) bond motifs is 1. The molecule has 156 valence electrons. The molecule has 0 aromatic heterocycles. The van der Waals surface area contributed by atoms with Crippen LogP contribution in [0.5, 0.6) is 0 Å². The summed E-state index contributed by atoms with van der Waals surface area (Å²) in [6.07, 6.45) is -4.84. The lowest BCUT2D eigenvalue weighted by molar-refractivity contribution is -0.192. The number of likely N-dealkylation sites (tertiary alicyclic amines) is 1. The predicted molar refractivity (Wildman–Crippen MR) is 95.9 cm³/mol. The summed E-state index contributed by atoms with van der Waals surface area (Å²) < 4.78 is 37.7. The molecule has 2 aliphatic rings. The third-order valence-corrected chi connectivity index (χ3v) is 4.82. The van der Waals surface area contributed by atoms with Crippen molar-refractivity contribution in [2.75, 3.05) is 32.8 Å². The molecular weight excluding hydrogens is 401 g/mol. The van der Waals surface area contributed by atoms with Gasteiger partial charge in [0.25, 0.3) is 0 Å². The van der Waals surface area contributed by atoms with Crippen molar-refractivity contribution in [1.82, 2.24) is 9.80 Å². The molecule has 3 rings (SSSR count). The van der Waals surface area contributed by atoms with Gasteiger partial charge in [0.05, 0.1) is 12.7 Å². The molecule has 1 amide bonds. The summed E-state index contributed by atoms with van der Waals surface area (Å²) in [6.45, 7) is 6.61. The zero-order chi connectivity index (χ0) is 20.9. The Bertz CT molecular complexity index is 702. The van der Waals surface area contributed by atoms with E-state index in [1.165, 1.54) is 5.56 Å². The van der Waals surface area contributed by atoms with E-state index in [1.54, 1.807) is 6.92 Å². The fraction of sp³-hybridized carbons (Fsp3) is 0.556. The number of ether oxygens (including phenoxy) is 1. The van der Waals surface area contributed by atoms with E-state index in [0.29, 0.717) is 12.5 Å². The molecule has 1 N–H and O–H groups in total. The van der Waals surface area contributed by atoms with Gasteiger partial charge in [-0.05, 0) is 17.7 Å². The second kappa shape index (κ2) is 9.58. The van der Waals surface area contributed by atoms with Gasteiger partial charge in [0.2, 0.25) is 5.91 Å². The first-order valence-electron chi connectivity index (χ1n) is 8.70. The van der Waals surface area contributed by atoms with Crippen LogP contribution in [0.2, 0.25) is 5.02 Å². The Balaban J connectivity index is 0.000000345. The molecule has 2 fully saturated rings. The number of carbonyl (C=O) groups is 2. The molecule has 6 nitrogen and oxygen atoms in total. The van der Waals surface area contributed by atoms with Gasteiger partial charge in [-0.15, -0.1) is 0 Å². The normalized spacial score (nSPS) is 22.7. The second-order valence-electron chi connectivity index (χ2n) is 6.76. The number of nitrogens with zero attached hydrogens (tertiary/aromatic N) is 2. The number of rotatable bonds is 2. The number of hydrogen-bond donors (Lipinski definition) is 1. The summed E-state index contributed by atoms with van der Waals surface area (Å²) in [5.74, 6) is -2.20. The Morgan fingerprint density at radius 1 is 1.29 bits per heavy atom. The van der Waals surface area contributed by atoms with Crippen molar-refractivity contribution < 1.29 is 32.6 Å². The van der Waals surface area contributed by atoms with Crippen LogP contribution in [0.3, 0.4) is 0 Å². The van der Waals surface area contributed by atoms with Crippen molar-refractivity contribution in [1.29, 1.82) is 0 Å². The monoisotopic (exact) mass is 422 g/mol. The Kier molecular flexibility index (Phi) is 7.68. The van der Waals surface area contributed by atoms with Gasteiger partial charge in [-0.25, -0.2) is 4.79 Å². The number of carboxylic acid groups (broad SMARTS) is 1. The maximum Gasteiger partial charge on any atom is 0.490 e. The van der Waals surface area contributed by atoms with Crippen LogP contribution >= 0.6 is 11.6 Å². The SMILES string of the molecule is CC(=O)N1CCO[C@@H]2CN(Cc3cccc(Cl)c3)C[C@@H]2C1.O=C(O)C(F)(F)F. The van der Waals surface area contributed by atoms with Gasteiger partial charge in [0, 0.05) is 50.6 Å². The van der Waals surface area contributed by atoms with E-state index in [4.69, 9.17) is 26.2 Å². The fourth-order valence-electron chi connectivity index (χ4n) is 3.29. The third-order valence-electron chi connectivity index (χ3n) is 4.59. The lowest BCUT2D eigenvalue weighted by atomic mass is 10.1. The Morgan fingerprint density at radius 3 is 2.54 bits per heavy atom. The average molecular weight is 423 g/mol. The zero-order valence-electron chi connectivity index (χ0n) is 15.3. The third kappa shape index (κ3) is 6.65. The van der Waals surface area contributed by atoms with E-state index in [1.807, 2.05) is 23.1 Å². The van der Waals surface area contributed by atoms with Crippen LogP contribution in [0.25, 0.3) is 0 Å². The van der Waals surface area contributed by atoms with Gasteiger partial charge < -0.3 is 14.7 Å². The van der Waals surface area contributed by atoms with Crippen molar-refractivity contribution in [3.63, 3.8) is 0 Å². The zero-order valence-corrected chi connectivity index (χ0v) is 16.0. The first kappa shape index (κ1) is 22.4. The molecule has 0 spiro atoms. The van der Waals surface area contributed by atoms with Crippen molar-refractivity contribution in [3.8, 4) is 0 Å². The molecular formula is C18H22ClF3N2O4. The minimum absolute atomic E-state index is 0.146. The summed E-state index contributed by atoms with van der Waals surface area (Å²) >= 11 is 6.04. The molecule has 2 heterocycles. The van der Waals surface area contributed by atoms with Gasteiger partial charge in [0.15, 0.2) is 0 Å². The first-order valence-corrected chi connectivity index (χ1v) is 9.08. The Hall–Kier alpha value is -1.84. The molecule has 2 atom stereocenters. The summed E-state index contributed by atoms with van der Waals surface area (Å²) in [4.78, 5) is 24.8. The molecule has 28 heavy (non-hydrogen) atoms. The molecule has 0 bridgehead atoms. The number of hydrogen-bond acceptors (Lipinski definition) is 4. The topological polar surface area (TPSA) is 70.1 Å². The summed E-state index contributed by atoms with van der Waals surface area (Å²) in [5, 5.41) is 7.90. The molecule has 2 saturated heterocycles. The molecule has 1 aromatic carbocycles. The maximum absolute atomic E-state index is 11.6. The summed E-state index contributed by atoms with van der Waals surface area (Å²) in [6, 6.07) is 7.99. The average Bonchev–Trinajstić information content (AvgIpc) is 2.83. The molecule has 10 heteroatoms. The van der Waals surface area contributed by atoms with Gasteiger partial charge in [0.1, 0.15) is 0 Å².